The van der Waals surface area contributed by atoms with Crippen molar-refractivity contribution in [2.45, 2.75) is 13.3 Å². The number of nitrogens with zero attached hydrogens (tertiary/aromatic N) is 2. The Kier molecular flexibility index (Phi) is 5.21. The zero-order valence-electron chi connectivity index (χ0n) is 14.1. The van der Waals surface area contributed by atoms with Crippen LogP contribution >= 0.6 is 0 Å². The minimum Gasteiger partial charge on any atom is -0.369 e. The molecular formula is C19H24N2O2S. The molecule has 2 aromatic rings. The molecule has 5 heteroatoms. The van der Waals surface area contributed by atoms with Crippen LogP contribution in [0.2, 0.25) is 0 Å². The zero-order chi connectivity index (χ0) is 17.0. The second-order valence-corrected chi connectivity index (χ2v) is 8.36. The van der Waals surface area contributed by atoms with Gasteiger partial charge in [-0.1, -0.05) is 48.0 Å². The predicted molar refractivity (Wildman–Crippen MR) is 98.9 cm³/mol. The second-order valence-electron chi connectivity index (χ2n) is 6.27. The highest BCUT2D eigenvalue weighted by atomic mass is 32.2. The van der Waals surface area contributed by atoms with E-state index in [0.29, 0.717) is 19.5 Å². The number of benzene rings is 2. The summed E-state index contributed by atoms with van der Waals surface area (Å²) in [5.74, 6) is 0.182. The van der Waals surface area contributed by atoms with Crippen LogP contribution < -0.4 is 4.90 Å². The van der Waals surface area contributed by atoms with Gasteiger partial charge in [-0.05, 0) is 31.0 Å². The number of hydrogen-bond acceptors (Lipinski definition) is 3. The van der Waals surface area contributed by atoms with Gasteiger partial charge in [0.05, 0.1) is 5.75 Å². The maximum absolute atomic E-state index is 12.6. The van der Waals surface area contributed by atoms with Crippen LogP contribution in [0.1, 0.15) is 11.1 Å². The van der Waals surface area contributed by atoms with E-state index in [1.807, 2.05) is 30.3 Å². The van der Waals surface area contributed by atoms with Crippen LogP contribution in [0, 0.1) is 6.92 Å². The van der Waals surface area contributed by atoms with Gasteiger partial charge in [0, 0.05) is 31.9 Å². The van der Waals surface area contributed by atoms with E-state index >= 15 is 0 Å². The van der Waals surface area contributed by atoms with Gasteiger partial charge in [0.15, 0.2) is 0 Å². The first-order valence-electron chi connectivity index (χ1n) is 8.38. The molecule has 0 N–H and O–H groups in total. The summed E-state index contributed by atoms with van der Waals surface area (Å²) in [6.45, 7) is 4.68. The van der Waals surface area contributed by atoms with Crippen LogP contribution in [0.3, 0.4) is 0 Å². The van der Waals surface area contributed by atoms with Crippen molar-refractivity contribution >= 4 is 15.7 Å². The van der Waals surface area contributed by atoms with Gasteiger partial charge in [-0.25, -0.2) is 8.42 Å². The minimum atomic E-state index is -3.19. The van der Waals surface area contributed by atoms with Crippen LogP contribution in [0.4, 0.5) is 5.69 Å². The molecule has 4 nitrogen and oxygen atoms in total. The SMILES string of the molecule is Cc1ccc(N2CCN(S(=O)(=O)CCc3ccccc3)CC2)cc1. The summed E-state index contributed by atoms with van der Waals surface area (Å²) >= 11 is 0. The van der Waals surface area contributed by atoms with E-state index < -0.39 is 10.0 Å². The molecule has 0 amide bonds. The number of hydrogen-bond donors (Lipinski definition) is 0. The molecule has 0 aliphatic carbocycles. The Morgan fingerprint density at radius 3 is 2.12 bits per heavy atom. The summed E-state index contributed by atoms with van der Waals surface area (Å²) in [5.41, 5.74) is 3.47. The standard InChI is InChI=1S/C19H24N2O2S/c1-17-7-9-19(10-8-17)20-12-14-21(15-13-20)24(22,23)16-11-18-5-3-2-4-6-18/h2-10H,11-16H2,1H3. The van der Waals surface area contributed by atoms with Crippen molar-refractivity contribution in [3.63, 3.8) is 0 Å². The molecule has 0 saturated carbocycles. The van der Waals surface area contributed by atoms with Crippen molar-refractivity contribution < 1.29 is 8.42 Å². The highest BCUT2D eigenvalue weighted by Gasteiger charge is 2.26. The third-order valence-corrected chi connectivity index (χ3v) is 6.39. The minimum absolute atomic E-state index is 0.182. The topological polar surface area (TPSA) is 40.6 Å². The molecule has 3 rings (SSSR count). The van der Waals surface area contributed by atoms with Crippen molar-refractivity contribution in [1.29, 1.82) is 0 Å². The van der Waals surface area contributed by atoms with E-state index in [-0.39, 0.29) is 5.75 Å². The molecule has 0 spiro atoms. The molecule has 1 fully saturated rings. The Bertz CT molecular complexity index is 750. The summed E-state index contributed by atoms with van der Waals surface area (Å²) in [5, 5.41) is 0. The molecule has 1 saturated heterocycles. The fourth-order valence-electron chi connectivity index (χ4n) is 3.00. The van der Waals surface area contributed by atoms with Gasteiger partial charge in [0.1, 0.15) is 0 Å². The van der Waals surface area contributed by atoms with Crippen molar-refractivity contribution in [3.8, 4) is 0 Å². The average molecular weight is 344 g/mol. The predicted octanol–water partition coefficient (Wildman–Crippen LogP) is 2.69. The Labute approximate surface area is 144 Å². The number of aryl methyl sites for hydroxylation is 2. The van der Waals surface area contributed by atoms with Gasteiger partial charge < -0.3 is 4.90 Å². The molecule has 0 bridgehead atoms. The van der Waals surface area contributed by atoms with E-state index in [1.54, 1.807) is 4.31 Å². The van der Waals surface area contributed by atoms with Gasteiger partial charge in [0.25, 0.3) is 0 Å². The van der Waals surface area contributed by atoms with Crippen LogP contribution in [0.25, 0.3) is 0 Å². The van der Waals surface area contributed by atoms with Gasteiger partial charge >= 0.3 is 0 Å². The largest absolute Gasteiger partial charge is 0.369 e. The Morgan fingerprint density at radius 1 is 0.875 bits per heavy atom. The summed E-state index contributed by atoms with van der Waals surface area (Å²) in [7, 11) is -3.19. The molecule has 2 aromatic carbocycles. The Hall–Kier alpha value is -1.85. The van der Waals surface area contributed by atoms with Crippen molar-refractivity contribution in [2.24, 2.45) is 0 Å². The van der Waals surface area contributed by atoms with Gasteiger partial charge in [-0.2, -0.15) is 4.31 Å². The fraction of sp³-hybridized carbons (Fsp3) is 0.368. The summed E-state index contributed by atoms with van der Waals surface area (Å²) in [4.78, 5) is 2.25. The third-order valence-electron chi connectivity index (χ3n) is 4.52. The Morgan fingerprint density at radius 2 is 1.50 bits per heavy atom. The number of anilines is 1. The molecule has 1 heterocycles. The average Bonchev–Trinajstić information content (AvgIpc) is 2.62. The zero-order valence-corrected chi connectivity index (χ0v) is 14.9. The monoisotopic (exact) mass is 344 g/mol. The highest BCUT2D eigenvalue weighted by Crippen LogP contribution is 2.18. The van der Waals surface area contributed by atoms with Crippen LogP contribution in [0.5, 0.6) is 0 Å². The smallest absolute Gasteiger partial charge is 0.214 e. The lowest BCUT2D eigenvalue weighted by Gasteiger charge is -2.35. The van der Waals surface area contributed by atoms with Gasteiger partial charge in [-0.15, -0.1) is 0 Å². The molecule has 0 radical (unpaired) electrons. The number of rotatable bonds is 5. The normalized spacial score (nSPS) is 16.3. The number of sulfonamides is 1. The Balaban J connectivity index is 1.56. The lowest BCUT2D eigenvalue weighted by Crippen LogP contribution is -2.49. The van der Waals surface area contributed by atoms with Crippen molar-refractivity contribution in [1.82, 2.24) is 4.31 Å². The lowest BCUT2D eigenvalue weighted by atomic mass is 10.2. The fourth-order valence-corrected chi connectivity index (χ4v) is 4.47. The summed E-state index contributed by atoms with van der Waals surface area (Å²) in [6.07, 6.45) is 0.571. The van der Waals surface area contributed by atoms with Crippen LogP contribution in [-0.2, 0) is 16.4 Å². The van der Waals surface area contributed by atoms with Crippen LogP contribution in [0.15, 0.2) is 54.6 Å². The molecule has 1 aliphatic heterocycles. The van der Waals surface area contributed by atoms with E-state index in [0.717, 1.165) is 18.7 Å². The van der Waals surface area contributed by atoms with E-state index in [1.165, 1.54) is 11.3 Å². The summed E-state index contributed by atoms with van der Waals surface area (Å²) in [6, 6.07) is 18.2. The molecule has 24 heavy (non-hydrogen) atoms. The van der Waals surface area contributed by atoms with Crippen molar-refractivity contribution in [3.05, 3.63) is 65.7 Å². The van der Waals surface area contributed by atoms with Gasteiger partial charge in [-0.3, -0.25) is 0 Å². The van der Waals surface area contributed by atoms with Crippen molar-refractivity contribution in [2.75, 3.05) is 36.8 Å². The highest BCUT2D eigenvalue weighted by molar-refractivity contribution is 7.89. The molecule has 0 aromatic heterocycles. The first-order valence-corrected chi connectivity index (χ1v) is 9.99. The molecular weight excluding hydrogens is 320 g/mol. The maximum atomic E-state index is 12.6. The molecule has 0 unspecified atom stereocenters. The van der Waals surface area contributed by atoms with E-state index in [4.69, 9.17) is 0 Å². The molecule has 1 aliphatic rings. The first kappa shape index (κ1) is 17.0. The number of piperazine rings is 1. The second kappa shape index (κ2) is 7.36. The molecule has 0 atom stereocenters. The third kappa shape index (κ3) is 4.16. The van der Waals surface area contributed by atoms with E-state index in [9.17, 15) is 8.42 Å². The first-order chi connectivity index (χ1) is 11.5. The van der Waals surface area contributed by atoms with E-state index in [2.05, 4.69) is 36.1 Å². The maximum Gasteiger partial charge on any atom is 0.214 e. The van der Waals surface area contributed by atoms with Gasteiger partial charge in [0.2, 0.25) is 10.0 Å². The quantitative estimate of drug-likeness (QED) is 0.837. The lowest BCUT2D eigenvalue weighted by molar-refractivity contribution is 0.385. The summed E-state index contributed by atoms with van der Waals surface area (Å²) < 4.78 is 26.7. The molecule has 128 valence electrons. The van der Waals surface area contributed by atoms with Crippen LogP contribution in [-0.4, -0.2) is 44.7 Å².